The summed E-state index contributed by atoms with van der Waals surface area (Å²) in [4.78, 5) is 10.7. The fourth-order valence-corrected chi connectivity index (χ4v) is 2.75. The summed E-state index contributed by atoms with van der Waals surface area (Å²) in [6.07, 6.45) is 2.02. The van der Waals surface area contributed by atoms with Crippen molar-refractivity contribution >= 4 is 22.1 Å². The van der Waals surface area contributed by atoms with Crippen LogP contribution in [0, 0.1) is 0 Å². The van der Waals surface area contributed by atoms with Crippen molar-refractivity contribution in [2.24, 2.45) is 0 Å². The van der Waals surface area contributed by atoms with E-state index in [1.54, 1.807) is 12.1 Å². The van der Waals surface area contributed by atoms with E-state index in [0.29, 0.717) is 6.42 Å². The van der Waals surface area contributed by atoms with E-state index >= 15 is 0 Å². The summed E-state index contributed by atoms with van der Waals surface area (Å²) in [5.41, 5.74) is 1.88. The molecule has 0 atom stereocenters. The Morgan fingerprint density at radius 1 is 1.04 bits per heavy atom. The van der Waals surface area contributed by atoms with Gasteiger partial charge in [-0.3, -0.25) is 0 Å². The van der Waals surface area contributed by atoms with Crippen LogP contribution >= 0.6 is 0 Å². The number of nitrogens with one attached hydrogen (secondary N) is 1. The van der Waals surface area contributed by atoms with E-state index in [1.807, 2.05) is 30.3 Å². The molecule has 2 aromatic rings. The molecular weight excluding hydrogens is 314 g/mol. The number of hydrogen-bond acceptors (Lipinski definition) is 3. The largest absolute Gasteiger partial charge is 0.478 e. The summed E-state index contributed by atoms with van der Waals surface area (Å²) in [5.74, 6) is -0.983. The van der Waals surface area contributed by atoms with E-state index in [0.717, 1.165) is 16.5 Å². The molecule has 0 fully saturated rings. The van der Waals surface area contributed by atoms with Gasteiger partial charge in [0, 0.05) is 12.0 Å². The van der Waals surface area contributed by atoms with Crippen LogP contribution in [0.2, 0.25) is 0 Å². The van der Waals surface area contributed by atoms with Gasteiger partial charge < -0.3 is 5.11 Å². The van der Waals surface area contributed by atoms with Gasteiger partial charge in [-0.05, 0) is 35.8 Å². The summed E-state index contributed by atoms with van der Waals surface area (Å²) < 4.78 is 26.2. The maximum Gasteiger partial charge on any atom is 0.335 e. The molecule has 0 aliphatic heterocycles. The molecule has 2 rings (SSSR count). The highest BCUT2D eigenvalue weighted by atomic mass is 32.2. The van der Waals surface area contributed by atoms with E-state index in [2.05, 4.69) is 4.72 Å². The van der Waals surface area contributed by atoms with Crippen LogP contribution in [0.1, 0.15) is 21.5 Å². The van der Waals surface area contributed by atoms with E-state index in [9.17, 15) is 13.2 Å². The van der Waals surface area contributed by atoms with Gasteiger partial charge in [-0.15, -0.1) is 0 Å². The van der Waals surface area contributed by atoms with Crippen LogP contribution in [0.5, 0.6) is 0 Å². The minimum atomic E-state index is -3.50. The topological polar surface area (TPSA) is 83.5 Å². The molecule has 0 aliphatic carbocycles. The van der Waals surface area contributed by atoms with Gasteiger partial charge in [-0.1, -0.05) is 42.5 Å². The Hall–Kier alpha value is -2.44. The fourth-order valence-electron chi connectivity index (χ4n) is 1.93. The maximum absolute atomic E-state index is 11.9. The third-order valence-corrected chi connectivity index (χ3v) is 4.26. The molecule has 6 heteroatoms. The lowest BCUT2D eigenvalue weighted by molar-refractivity contribution is 0.0697. The van der Waals surface area contributed by atoms with Crippen molar-refractivity contribution in [3.63, 3.8) is 0 Å². The fraction of sp³-hybridized carbons (Fsp3) is 0.118. The predicted octanol–water partition coefficient (Wildman–Crippen LogP) is 2.52. The molecule has 0 bridgehead atoms. The Kier molecular flexibility index (Phi) is 5.67. The summed E-state index contributed by atoms with van der Waals surface area (Å²) in [6.45, 7) is 0.244. The highest BCUT2D eigenvalue weighted by Gasteiger charge is 2.05. The maximum atomic E-state index is 11.9. The number of rotatable bonds is 7. The van der Waals surface area contributed by atoms with Gasteiger partial charge in [0.15, 0.2) is 0 Å². The van der Waals surface area contributed by atoms with Crippen LogP contribution in [0.15, 0.2) is 60.0 Å². The zero-order valence-corrected chi connectivity index (χ0v) is 13.2. The van der Waals surface area contributed by atoms with Crippen LogP contribution in [0.3, 0.4) is 0 Å². The van der Waals surface area contributed by atoms with Crippen LogP contribution < -0.4 is 4.72 Å². The van der Waals surface area contributed by atoms with Gasteiger partial charge in [0.25, 0.3) is 0 Å². The SMILES string of the molecule is O=C(O)c1ccc(CCNS(=O)(=O)/C=C/c2ccccc2)cc1. The summed E-state index contributed by atoms with van der Waals surface area (Å²) in [7, 11) is -3.50. The Morgan fingerprint density at radius 2 is 1.70 bits per heavy atom. The minimum absolute atomic E-state index is 0.208. The zero-order valence-electron chi connectivity index (χ0n) is 12.3. The second kappa shape index (κ2) is 7.71. The molecule has 0 amide bonds. The summed E-state index contributed by atoms with van der Waals surface area (Å²) in [5, 5.41) is 9.95. The van der Waals surface area contributed by atoms with E-state index < -0.39 is 16.0 Å². The number of aromatic carboxylic acids is 1. The summed E-state index contributed by atoms with van der Waals surface area (Å²) in [6, 6.07) is 15.5. The number of sulfonamides is 1. The molecule has 0 aliphatic rings. The molecule has 2 aromatic carbocycles. The van der Waals surface area contributed by atoms with Crippen LogP contribution in [0.25, 0.3) is 6.08 Å². The van der Waals surface area contributed by atoms with E-state index in [1.165, 1.54) is 18.2 Å². The molecule has 0 saturated carbocycles. The Balaban J connectivity index is 1.87. The summed E-state index contributed by atoms with van der Waals surface area (Å²) >= 11 is 0. The third-order valence-electron chi connectivity index (χ3n) is 3.16. The molecule has 5 nitrogen and oxygen atoms in total. The molecular formula is C17H17NO4S. The normalized spacial score (nSPS) is 11.7. The second-order valence-corrected chi connectivity index (χ2v) is 6.56. The van der Waals surface area contributed by atoms with Crippen molar-refractivity contribution in [2.75, 3.05) is 6.54 Å². The molecule has 0 spiro atoms. The highest BCUT2D eigenvalue weighted by molar-refractivity contribution is 7.92. The lowest BCUT2D eigenvalue weighted by Crippen LogP contribution is -2.23. The van der Waals surface area contributed by atoms with Gasteiger partial charge in [-0.2, -0.15) is 0 Å². The molecule has 0 heterocycles. The molecule has 2 N–H and O–H groups in total. The number of carboxylic acid groups (broad SMARTS) is 1. The quantitative estimate of drug-likeness (QED) is 0.816. The molecule has 0 aromatic heterocycles. The van der Waals surface area contributed by atoms with Crippen LogP contribution in [0.4, 0.5) is 0 Å². The second-order valence-electron chi connectivity index (χ2n) is 4.90. The Morgan fingerprint density at radius 3 is 2.30 bits per heavy atom. The molecule has 23 heavy (non-hydrogen) atoms. The van der Waals surface area contributed by atoms with Gasteiger partial charge in [0.05, 0.1) is 5.56 Å². The highest BCUT2D eigenvalue weighted by Crippen LogP contribution is 2.06. The van der Waals surface area contributed by atoms with Gasteiger partial charge in [0.1, 0.15) is 0 Å². The van der Waals surface area contributed by atoms with Crippen molar-refractivity contribution in [3.05, 3.63) is 76.7 Å². The molecule has 0 saturated heterocycles. The molecule has 120 valence electrons. The van der Waals surface area contributed by atoms with Crippen molar-refractivity contribution in [3.8, 4) is 0 Å². The minimum Gasteiger partial charge on any atom is -0.478 e. The number of carbonyl (C=O) groups is 1. The lowest BCUT2D eigenvalue weighted by Gasteiger charge is -2.04. The Labute approximate surface area is 135 Å². The average Bonchev–Trinajstić information content (AvgIpc) is 2.54. The van der Waals surface area contributed by atoms with E-state index in [-0.39, 0.29) is 12.1 Å². The van der Waals surface area contributed by atoms with Crippen molar-refractivity contribution in [2.45, 2.75) is 6.42 Å². The van der Waals surface area contributed by atoms with Gasteiger partial charge in [-0.25, -0.2) is 17.9 Å². The monoisotopic (exact) mass is 331 g/mol. The average molecular weight is 331 g/mol. The first-order valence-electron chi connectivity index (χ1n) is 7.01. The Bertz CT molecular complexity index is 781. The van der Waals surface area contributed by atoms with Gasteiger partial charge in [0.2, 0.25) is 10.0 Å². The number of benzene rings is 2. The first-order chi connectivity index (χ1) is 11.0. The standard InChI is InChI=1S/C17H17NO4S/c19-17(20)16-8-6-15(7-9-16)10-12-18-23(21,22)13-11-14-4-2-1-3-5-14/h1-9,11,13,18H,10,12H2,(H,19,20)/b13-11+. The zero-order chi connectivity index (χ0) is 16.7. The first-order valence-corrected chi connectivity index (χ1v) is 8.56. The van der Waals surface area contributed by atoms with Crippen LogP contribution in [-0.2, 0) is 16.4 Å². The van der Waals surface area contributed by atoms with Gasteiger partial charge >= 0.3 is 5.97 Å². The van der Waals surface area contributed by atoms with Crippen molar-refractivity contribution in [1.82, 2.24) is 4.72 Å². The number of hydrogen-bond donors (Lipinski definition) is 2. The van der Waals surface area contributed by atoms with Crippen molar-refractivity contribution in [1.29, 1.82) is 0 Å². The molecule has 0 radical (unpaired) electrons. The van der Waals surface area contributed by atoms with E-state index in [4.69, 9.17) is 5.11 Å². The molecule has 0 unspecified atom stereocenters. The smallest absolute Gasteiger partial charge is 0.335 e. The predicted molar refractivity (Wildman–Crippen MR) is 89.5 cm³/mol. The van der Waals surface area contributed by atoms with Crippen molar-refractivity contribution < 1.29 is 18.3 Å². The third kappa shape index (κ3) is 5.69. The van der Waals surface area contributed by atoms with Crippen LogP contribution in [-0.4, -0.2) is 26.0 Å². The first kappa shape index (κ1) is 16.9. The number of carboxylic acids is 1. The lowest BCUT2D eigenvalue weighted by atomic mass is 10.1.